The number of halogens is 2. The minimum Gasteiger partial charge on any atom is -0.309 e. The Morgan fingerprint density at radius 2 is 2.22 bits per heavy atom. The van der Waals surface area contributed by atoms with Gasteiger partial charge < -0.3 is 5.32 Å². The molecule has 96 valence electrons. The summed E-state index contributed by atoms with van der Waals surface area (Å²) < 4.78 is 13.7. The van der Waals surface area contributed by atoms with Crippen molar-refractivity contribution in [3.05, 3.63) is 56.4 Å². The van der Waals surface area contributed by atoms with Crippen LogP contribution in [0.5, 0.6) is 0 Å². The molecule has 1 heterocycles. The van der Waals surface area contributed by atoms with Crippen molar-refractivity contribution in [2.24, 2.45) is 0 Å². The number of thiophene rings is 1. The smallest absolute Gasteiger partial charge is 0.137 e. The summed E-state index contributed by atoms with van der Waals surface area (Å²) in [6, 6.07) is 9.70. The molecule has 1 atom stereocenters. The highest BCUT2D eigenvalue weighted by atomic mass is 79.9. The van der Waals surface area contributed by atoms with E-state index in [4.69, 9.17) is 0 Å². The van der Waals surface area contributed by atoms with Crippen LogP contribution in [0.3, 0.4) is 0 Å². The molecule has 1 N–H and O–H groups in total. The molecule has 0 saturated carbocycles. The minimum atomic E-state index is -0.213. The molecule has 0 spiro atoms. The molecule has 0 bridgehead atoms. The van der Waals surface area contributed by atoms with Crippen molar-refractivity contribution < 1.29 is 4.39 Å². The van der Waals surface area contributed by atoms with E-state index in [9.17, 15) is 4.39 Å². The molecule has 1 aromatic heterocycles. The predicted molar refractivity (Wildman–Crippen MR) is 78.5 cm³/mol. The second kappa shape index (κ2) is 6.45. The number of hydrogen-bond acceptors (Lipinski definition) is 2. The van der Waals surface area contributed by atoms with Gasteiger partial charge in [-0.15, -0.1) is 11.3 Å². The summed E-state index contributed by atoms with van der Waals surface area (Å²) >= 11 is 4.98. The third-order valence-corrected chi connectivity index (χ3v) is 4.35. The Balaban J connectivity index is 2.16. The topological polar surface area (TPSA) is 12.0 Å². The van der Waals surface area contributed by atoms with E-state index in [0.717, 1.165) is 18.5 Å². The van der Waals surface area contributed by atoms with Crippen molar-refractivity contribution in [1.29, 1.82) is 0 Å². The Bertz CT molecular complexity index is 499. The highest BCUT2D eigenvalue weighted by Crippen LogP contribution is 2.25. The zero-order valence-electron chi connectivity index (χ0n) is 10.1. The summed E-state index contributed by atoms with van der Waals surface area (Å²) in [5, 5.41) is 5.55. The van der Waals surface area contributed by atoms with Crippen molar-refractivity contribution in [2.75, 3.05) is 6.54 Å². The van der Waals surface area contributed by atoms with E-state index >= 15 is 0 Å². The average Bonchev–Trinajstić information content (AvgIpc) is 2.87. The molecule has 0 aliphatic rings. The number of benzene rings is 1. The third kappa shape index (κ3) is 3.40. The number of nitrogens with one attached hydrogen (secondary N) is 1. The van der Waals surface area contributed by atoms with Gasteiger partial charge >= 0.3 is 0 Å². The monoisotopic (exact) mass is 327 g/mol. The van der Waals surface area contributed by atoms with Crippen LogP contribution in [-0.4, -0.2) is 6.54 Å². The number of rotatable bonds is 5. The Labute approximate surface area is 119 Å². The van der Waals surface area contributed by atoms with Crippen molar-refractivity contribution in [2.45, 2.75) is 19.4 Å². The number of hydrogen-bond donors (Lipinski definition) is 1. The van der Waals surface area contributed by atoms with Crippen LogP contribution < -0.4 is 5.32 Å². The fourth-order valence-corrected chi connectivity index (χ4v) is 3.14. The van der Waals surface area contributed by atoms with E-state index in [1.54, 1.807) is 11.3 Å². The molecule has 0 fully saturated rings. The molecule has 0 aliphatic carbocycles. The van der Waals surface area contributed by atoms with Crippen LogP contribution in [0.2, 0.25) is 0 Å². The molecule has 1 unspecified atom stereocenters. The Hall–Kier alpha value is -0.710. The van der Waals surface area contributed by atoms with Gasteiger partial charge in [0.1, 0.15) is 5.82 Å². The van der Waals surface area contributed by atoms with Gasteiger partial charge in [0, 0.05) is 10.9 Å². The second-order valence-corrected chi connectivity index (χ2v) is 5.91. The fraction of sp³-hybridized carbons (Fsp3) is 0.286. The summed E-state index contributed by atoms with van der Waals surface area (Å²) in [6.07, 6.45) is 0.868. The summed E-state index contributed by atoms with van der Waals surface area (Å²) in [6.45, 7) is 3.02. The van der Waals surface area contributed by atoms with Gasteiger partial charge in [-0.25, -0.2) is 4.39 Å². The fourth-order valence-electron chi connectivity index (χ4n) is 1.91. The van der Waals surface area contributed by atoms with Crippen molar-refractivity contribution >= 4 is 27.3 Å². The average molecular weight is 328 g/mol. The maximum atomic E-state index is 13.2. The summed E-state index contributed by atoms with van der Waals surface area (Å²) in [7, 11) is 0. The van der Waals surface area contributed by atoms with Crippen molar-refractivity contribution in [3.8, 4) is 0 Å². The van der Waals surface area contributed by atoms with Crippen LogP contribution in [0.4, 0.5) is 4.39 Å². The van der Waals surface area contributed by atoms with Crippen LogP contribution in [0.1, 0.15) is 23.4 Å². The highest BCUT2D eigenvalue weighted by molar-refractivity contribution is 9.10. The first-order valence-electron chi connectivity index (χ1n) is 5.91. The van der Waals surface area contributed by atoms with E-state index in [1.165, 1.54) is 10.9 Å². The first-order valence-corrected chi connectivity index (χ1v) is 7.58. The van der Waals surface area contributed by atoms with Gasteiger partial charge in [0.15, 0.2) is 0 Å². The van der Waals surface area contributed by atoms with Crippen molar-refractivity contribution in [1.82, 2.24) is 5.32 Å². The maximum Gasteiger partial charge on any atom is 0.137 e. The molecular weight excluding hydrogens is 313 g/mol. The number of likely N-dealkylation sites (N-methyl/N-ethyl adjacent to an activating group) is 1. The molecule has 1 aromatic carbocycles. The molecular formula is C14H15BrFNS. The molecule has 2 rings (SSSR count). The van der Waals surface area contributed by atoms with Gasteiger partial charge in [-0.1, -0.05) is 19.1 Å². The lowest BCUT2D eigenvalue weighted by Crippen LogP contribution is -2.22. The van der Waals surface area contributed by atoms with E-state index in [-0.39, 0.29) is 5.82 Å². The Morgan fingerprint density at radius 3 is 2.83 bits per heavy atom. The zero-order chi connectivity index (χ0) is 13.0. The molecule has 4 heteroatoms. The molecule has 2 aromatic rings. The van der Waals surface area contributed by atoms with Gasteiger partial charge in [0.25, 0.3) is 0 Å². The van der Waals surface area contributed by atoms with Crippen LogP contribution in [0.25, 0.3) is 0 Å². The van der Waals surface area contributed by atoms with Gasteiger partial charge in [-0.05, 0) is 58.0 Å². The summed E-state index contributed by atoms with van der Waals surface area (Å²) in [4.78, 5) is 1.32. The van der Waals surface area contributed by atoms with E-state index in [0.29, 0.717) is 10.5 Å². The molecule has 0 aliphatic heterocycles. The third-order valence-electron chi connectivity index (χ3n) is 2.76. The zero-order valence-corrected chi connectivity index (χ0v) is 12.5. The standard InChI is InChI=1S/C14H15BrFNS/c1-2-17-13(14-4-3-7-18-14)9-10-5-6-12(16)11(15)8-10/h3-8,13,17H,2,9H2,1H3. The largest absolute Gasteiger partial charge is 0.309 e. The lowest BCUT2D eigenvalue weighted by Gasteiger charge is -2.16. The van der Waals surface area contributed by atoms with E-state index < -0.39 is 0 Å². The van der Waals surface area contributed by atoms with Crippen LogP contribution >= 0.6 is 27.3 Å². The molecule has 1 nitrogen and oxygen atoms in total. The first kappa shape index (κ1) is 13.7. The quantitative estimate of drug-likeness (QED) is 0.849. The van der Waals surface area contributed by atoms with Gasteiger partial charge in [0.2, 0.25) is 0 Å². The van der Waals surface area contributed by atoms with Gasteiger partial charge in [-0.3, -0.25) is 0 Å². The van der Waals surface area contributed by atoms with Gasteiger partial charge in [0.05, 0.1) is 4.47 Å². The molecule has 0 radical (unpaired) electrons. The SMILES string of the molecule is CCNC(Cc1ccc(F)c(Br)c1)c1cccs1. The molecule has 0 saturated heterocycles. The predicted octanol–water partition coefficient (Wildman–Crippen LogP) is 4.54. The lowest BCUT2D eigenvalue weighted by molar-refractivity contribution is 0.556. The Morgan fingerprint density at radius 1 is 1.39 bits per heavy atom. The second-order valence-electron chi connectivity index (χ2n) is 4.08. The van der Waals surface area contributed by atoms with Gasteiger partial charge in [-0.2, -0.15) is 0 Å². The van der Waals surface area contributed by atoms with Crippen LogP contribution in [0.15, 0.2) is 40.2 Å². The van der Waals surface area contributed by atoms with E-state index in [2.05, 4.69) is 45.7 Å². The highest BCUT2D eigenvalue weighted by Gasteiger charge is 2.12. The normalized spacial score (nSPS) is 12.6. The summed E-state index contributed by atoms with van der Waals surface area (Å²) in [5.41, 5.74) is 1.13. The van der Waals surface area contributed by atoms with E-state index in [1.807, 2.05) is 12.1 Å². The van der Waals surface area contributed by atoms with Crippen LogP contribution in [0, 0.1) is 5.82 Å². The Kier molecular flexibility index (Phi) is 4.92. The van der Waals surface area contributed by atoms with Crippen LogP contribution in [-0.2, 0) is 6.42 Å². The van der Waals surface area contributed by atoms with Crippen molar-refractivity contribution in [3.63, 3.8) is 0 Å². The minimum absolute atomic E-state index is 0.213. The first-order chi connectivity index (χ1) is 8.70. The molecule has 0 amide bonds. The maximum absolute atomic E-state index is 13.2. The molecule has 18 heavy (non-hydrogen) atoms. The lowest BCUT2D eigenvalue weighted by atomic mass is 10.0. The summed E-state index contributed by atoms with van der Waals surface area (Å²) in [5.74, 6) is -0.213.